The molecule has 0 aliphatic heterocycles. The molecule has 0 aromatic heterocycles. The van der Waals surface area contributed by atoms with Crippen molar-refractivity contribution in [2.45, 2.75) is 33.7 Å². The summed E-state index contributed by atoms with van der Waals surface area (Å²) in [6, 6.07) is 0. The van der Waals surface area contributed by atoms with Gasteiger partial charge < -0.3 is 0 Å². The Hall–Kier alpha value is 1.92. The summed E-state index contributed by atoms with van der Waals surface area (Å²) in [5.41, 5.74) is 0. The fraction of sp³-hybridized carbons (Fsp3) is 1.00. The maximum absolute atomic E-state index is 3.71. The SMILES string of the molecule is BrC[C@@H](Br)[C@H]1CC[C@H](Br)[C@H](Br)C1. The van der Waals surface area contributed by atoms with E-state index in [1.165, 1.54) is 19.3 Å². The Morgan fingerprint density at radius 1 is 1.17 bits per heavy atom. The minimum absolute atomic E-state index is 0.637. The molecule has 0 radical (unpaired) electrons. The minimum Gasteiger partial charge on any atom is -0.0916 e. The van der Waals surface area contributed by atoms with E-state index in [1.54, 1.807) is 0 Å². The summed E-state index contributed by atoms with van der Waals surface area (Å²) < 4.78 is 0. The molecule has 1 fully saturated rings. The lowest BCUT2D eigenvalue weighted by molar-refractivity contribution is 0.383. The Labute approximate surface area is 108 Å². The molecule has 4 heteroatoms. The van der Waals surface area contributed by atoms with Crippen LogP contribution in [0.5, 0.6) is 0 Å². The monoisotopic (exact) mass is 424 g/mol. The van der Waals surface area contributed by atoms with E-state index >= 15 is 0 Å². The van der Waals surface area contributed by atoms with Gasteiger partial charge in [-0.1, -0.05) is 63.7 Å². The van der Waals surface area contributed by atoms with Gasteiger partial charge in [0.05, 0.1) is 0 Å². The van der Waals surface area contributed by atoms with Gasteiger partial charge in [0.15, 0.2) is 0 Å². The van der Waals surface area contributed by atoms with Crippen molar-refractivity contribution in [3.05, 3.63) is 0 Å². The second kappa shape index (κ2) is 5.72. The molecule has 0 nitrogen and oxygen atoms in total. The molecule has 12 heavy (non-hydrogen) atoms. The van der Waals surface area contributed by atoms with Crippen molar-refractivity contribution in [1.29, 1.82) is 0 Å². The zero-order valence-electron chi connectivity index (χ0n) is 6.65. The first-order valence-electron chi connectivity index (χ1n) is 4.13. The molecule has 0 N–H and O–H groups in total. The summed E-state index contributed by atoms with van der Waals surface area (Å²) in [7, 11) is 0. The van der Waals surface area contributed by atoms with Crippen molar-refractivity contribution in [1.82, 2.24) is 0 Å². The molecule has 0 aromatic carbocycles. The van der Waals surface area contributed by atoms with Crippen molar-refractivity contribution in [2.24, 2.45) is 5.92 Å². The molecule has 0 aromatic rings. The molecule has 0 spiro atoms. The van der Waals surface area contributed by atoms with Crippen LogP contribution < -0.4 is 0 Å². The number of hydrogen-bond donors (Lipinski definition) is 0. The van der Waals surface area contributed by atoms with E-state index in [1.807, 2.05) is 0 Å². The highest BCUT2D eigenvalue weighted by Crippen LogP contribution is 2.37. The second-order valence-corrected chi connectivity index (χ2v) is 7.45. The summed E-state index contributed by atoms with van der Waals surface area (Å²) in [4.78, 5) is 1.96. The normalized spacial score (nSPS) is 39.5. The van der Waals surface area contributed by atoms with E-state index in [4.69, 9.17) is 0 Å². The van der Waals surface area contributed by atoms with Crippen LogP contribution in [0, 0.1) is 5.92 Å². The van der Waals surface area contributed by atoms with Crippen LogP contribution in [0.25, 0.3) is 0 Å². The lowest BCUT2D eigenvalue weighted by Gasteiger charge is -2.32. The van der Waals surface area contributed by atoms with Gasteiger partial charge in [-0.15, -0.1) is 0 Å². The largest absolute Gasteiger partial charge is 0.0916 e. The first-order valence-corrected chi connectivity index (χ1v) is 8.00. The van der Waals surface area contributed by atoms with Gasteiger partial charge in [-0.2, -0.15) is 0 Å². The van der Waals surface area contributed by atoms with Gasteiger partial charge in [-0.3, -0.25) is 0 Å². The molecule has 1 saturated carbocycles. The van der Waals surface area contributed by atoms with Crippen molar-refractivity contribution in [3.63, 3.8) is 0 Å². The highest BCUT2D eigenvalue weighted by atomic mass is 79.9. The van der Waals surface area contributed by atoms with E-state index in [9.17, 15) is 0 Å². The third-order valence-corrected chi connectivity index (χ3v) is 7.85. The summed E-state index contributed by atoms with van der Waals surface area (Å²) in [5, 5.41) is 1.06. The molecule has 0 heterocycles. The molecule has 4 atom stereocenters. The molecule has 1 aliphatic carbocycles. The topological polar surface area (TPSA) is 0 Å². The summed E-state index contributed by atoms with van der Waals surface area (Å²) >= 11 is 14.6. The predicted molar refractivity (Wildman–Crippen MR) is 69.3 cm³/mol. The zero-order chi connectivity index (χ0) is 9.14. The fourth-order valence-electron chi connectivity index (χ4n) is 1.56. The van der Waals surface area contributed by atoms with Crippen LogP contribution in [0.4, 0.5) is 0 Å². The Bertz CT molecular complexity index is 139. The Kier molecular flexibility index (Phi) is 5.71. The molecule has 72 valence electrons. The van der Waals surface area contributed by atoms with Crippen LogP contribution in [0.2, 0.25) is 0 Å². The van der Waals surface area contributed by atoms with Gasteiger partial charge in [-0.05, 0) is 25.2 Å². The van der Waals surface area contributed by atoms with E-state index < -0.39 is 0 Å². The van der Waals surface area contributed by atoms with Crippen LogP contribution in [0.15, 0.2) is 0 Å². The number of alkyl halides is 4. The average Bonchev–Trinajstić information content (AvgIpc) is 2.08. The van der Waals surface area contributed by atoms with Crippen LogP contribution in [0.1, 0.15) is 19.3 Å². The van der Waals surface area contributed by atoms with Gasteiger partial charge in [0.25, 0.3) is 0 Å². The molecule has 1 aliphatic rings. The Balaban J connectivity index is 2.39. The minimum atomic E-state index is 0.637. The lowest BCUT2D eigenvalue weighted by Crippen LogP contribution is -2.30. The highest BCUT2D eigenvalue weighted by Gasteiger charge is 2.30. The number of halogens is 4. The van der Waals surface area contributed by atoms with Crippen LogP contribution in [-0.4, -0.2) is 19.8 Å². The first-order chi connectivity index (χ1) is 5.65. The standard InChI is InChI=1S/C8H12Br4/c9-4-8(12)5-1-2-6(10)7(11)3-5/h5-8H,1-4H2/t5-,6-,7+,8+/m0/s1. The third-order valence-electron chi connectivity index (χ3n) is 2.39. The van der Waals surface area contributed by atoms with Crippen LogP contribution >= 0.6 is 63.7 Å². The fourth-order valence-corrected chi connectivity index (χ4v) is 3.80. The van der Waals surface area contributed by atoms with E-state index in [2.05, 4.69) is 63.7 Å². The van der Waals surface area contributed by atoms with Crippen molar-refractivity contribution < 1.29 is 0 Å². The predicted octanol–water partition coefficient (Wildman–Crippen LogP) is 4.47. The quantitative estimate of drug-likeness (QED) is 0.570. The molecule has 0 bridgehead atoms. The molecule has 0 amide bonds. The summed E-state index contributed by atoms with van der Waals surface area (Å²) in [6.45, 7) is 0. The molecular weight excluding hydrogens is 416 g/mol. The highest BCUT2D eigenvalue weighted by molar-refractivity contribution is 9.12. The molecule has 0 saturated heterocycles. The van der Waals surface area contributed by atoms with Gasteiger partial charge >= 0.3 is 0 Å². The van der Waals surface area contributed by atoms with E-state index in [0.29, 0.717) is 14.5 Å². The molecule has 0 unspecified atom stereocenters. The maximum Gasteiger partial charge on any atom is 0.0274 e. The van der Waals surface area contributed by atoms with Gasteiger partial charge in [0, 0.05) is 19.8 Å². The van der Waals surface area contributed by atoms with Crippen LogP contribution in [0.3, 0.4) is 0 Å². The second-order valence-electron chi connectivity index (χ2n) is 3.28. The zero-order valence-corrected chi connectivity index (χ0v) is 13.0. The number of rotatable bonds is 2. The van der Waals surface area contributed by atoms with Crippen molar-refractivity contribution >= 4 is 63.7 Å². The van der Waals surface area contributed by atoms with E-state index in [0.717, 1.165) is 11.2 Å². The maximum atomic E-state index is 3.71. The summed E-state index contributed by atoms with van der Waals surface area (Å²) in [6.07, 6.45) is 3.90. The van der Waals surface area contributed by atoms with E-state index in [-0.39, 0.29) is 0 Å². The lowest BCUT2D eigenvalue weighted by atomic mass is 9.87. The van der Waals surface area contributed by atoms with Gasteiger partial charge in [0.1, 0.15) is 0 Å². The van der Waals surface area contributed by atoms with Gasteiger partial charge in [-0.25, -0.2) is 0 Å². The molecular formula is C8H12Br4. The Morgan fingerprint density at radius 2 is 1.83 bits per heavy atom. The van der Waals surface area contributed by atoms with Crippen molar-refractivity contribution in [2.75, 3.05) is 5.33 Å². The average molecular weight is 428 g/mol. The first kappa shape index (κ1) is 12.0. The van der Waals surface area contributed by atoms with Crippen molar-refractivity contribution in [3.8, 4) is 0 Å². The molecule has 1 rings (SSSR count). The van der Waals surface area contributed by atoms with Crippen LogP contribution in [-0.2, 0) is 0 Å². The van der Waals surface area contributed by atoms with Gasteiger partial charge in [0.2, 0.25) is 0 Å². The number of hydrogen-bond acceptors (Lipinski definition) is 0. The smallest absolute Gasteiger partial charge is 0.0274 e. The third kappa shape index (κ3) is 3.25. The Morgan fingerprint density at radius 3 is 2.33 bits per heavy atom. The summed E-state index contributed by atoms with van der Waals surface area (Å²) in [5.74, 6) is 0.822.